The van der Waals surface area contributed by atoms with E-state index in [2.05, 4.69) is 22.5 Å². The van der Waals surface area contributed by atoms with Crippen molar-refractivity contribution in [3.63, 3.8) is 0 Å². The van der Waals surface area contributed by atoms with Gasteiger partial charge in [-0.3, -0.25) is 10.1 Å². The maximum absolute atomic E-state index is 12.8. The SMILES string of the molecule is CCCCCCOC(=O)Nc1cc(CC2C(=O)N(C(=O)N[C@H](C)c3ccccc3)[C@@H]2C(=O)O)ccn1. The zero-order valence-electron chi connectivity index (χ0n) is 20.5. The minimum Gasteiger partial charge on any atom is -0.480 e. The number of anilines is 1. The van der Waals surface area contributed by atoms with Crippen LogP contribution in [0.15, 0.2) is 48.7 Å². The number of β-lactam (4-membered cyclic amide) rings is 1. The number of amides is 4. The summed E-state index contributed by atoms with van der Waals surface area (Å²) in [5.74, 6) is -2.52. The molecule has 2 aromatic rings. The van der Waals surface area contributed by atoms with Crippen LogP contribution in [0.3, 0.4) is 0 Å². The number of hydrogen-bond acceptors (Lipinski definition) is 6. The van der Waals surface area contributed by atoms with Crippen LogP contribution in [0.25, 0.3) is 0 Å². The topological polar surface area (TPSA) is 138 Å². The number of nitrogens with one attached hydrogen (secondary N) is 2. The monoisotopic (exact) mass is 496 g/mol. The van der Waals surface area contributed by atoms with E-state index in [1.54, 1.807) is 19.1 Å². The molecule has 0 spiro atoms. The number of ether oxygens (including phenoxy) is 1. The molecule has 1 aromatic heterocycles. The van der Waals surface area contributed by atoms with E-state index in [0.29, 0.717) is 12.2 Å². The molecule has 10 heteroatoms. The van der Waals surface area contributed by atoms with Crippen molar-refractivity contribution in [2.45, 2.75) is 58.0 Å². The van der Waals surface area contributed by atoms with Crippen LogP contribution in [-0.4, -0.2) is 51.6 Å². The van der Waals surface area contributed by atoms with Gasteiger partial charge in [0.1, 0.15) is 5.82 Å². The first-order valence-electron chi connectivity index (χ1n) is 12.1. The molecular weight excluding hydrogens is 464 g/mol. The molecule has 1 aliphatic heterocycles. The Morgan fingerprint density at radius 3 is 2.58 bits per heavy atom. The van der Waals surface area contributed by atoms with E-state index in [1.165, 1.54) is 6.20 Å². The number of carbonyl (C=O) groups is 4. The van der Waals surface area contributed by atoms with Crippen LogP contribution >= 0.6 is 0 Å². The van der Waals surface area contributed by atoms with Crippen molar-refractivity contribution in [2.24, 2.45) is 5.92 Å². The maximum Gasteiger partial charge on any atom is 0.412 e. The number of aromatic nitrogens is 1. The highest BCUT2D eigenvalue weighted by molar-refractivity contribution is 6.07. The average molecular weight is 497 g/mol. The third-order valence-electron chi connectivity index (χ3n) is 6.07. The molecule has 36 heavy (non-hydrogen) atoms. The van der Waals surface area contributed by atoms with Crippen molar-refractivity contribution in [1.29, 1.82) is 0 Å². The molecular formula is C26H32N4O6. The number of carboxylic acids is 1. The molecule has 1 fully saturated rings. The van der Waals surface area contributed by atoms with Crippen LogP contribution in [0.4, 0.5) is 15.4 Å². The number of rotatable bonds is 11. The van der Waals surface area contributed by atoms with E-state index < -0.39 is 42.0 Å². The van der Waals surface area contributed by atoms with E-state index >= 15 is 0 Å². The summed E-state index contributed by atoms with van der Waals surface area (Å²) in [4.78, 5) is 54.2. The Morgan fingerprint density at radius 1 is 1.14 bits per heavy atom. The molecule has 1 aliphatic rings. The standard InChI is InChI=1S/C26H32N4O6/c1-3-4-5-9-14-36-26(35)29-21-16-18(12-13-27-21)15-20-22(24(32)33)30(23(20)31)25(34)28-17(2)19-10-7-6-8-11-19/h6-8,10-13,16-17,20,22H,3-5,9,14-15H2,1-2H3,(H,28,34)(H,32,33)(H,27,29,35)/t17-,20?,22+/m1/s1. The van der Waals surface area contributed by atoms with Gasteiger partial charge in [-0.1, -0.05) is 56.5 Å². The van der Waals surface area contributed by atoms with Crippen molar-refractivity contribution in [1.82, 2.24) is 15.2 Å². The number of benzene rings is 1. The second-order valence-electron chi connectivity index (χ2n) is 8.75. The Morgan fingerprint density at radius 2 is 1.89 bits per heavy atom. The van der Waals surface area contributed by atoms with Gasteiger partial charge in [0.2, 0.25) is 5.91 Å². The molecule has 2 heterocycles. The van der Waals surface area contributed by atoms with Crippen molar-refractivity contribution in [3.8, 4) is 0 Å². The number of pyridine rings is 1. The third kappa shape index (κ3) is 6.80. The average Bonchev–Trinajstić information content (AvgIpc) is 2.85. The van der Waals surface area contributed by atoms with Crippen LogP contribution in [-0.2, 0) is 20.7 Å². The summed E-state index contributed by atoms with van der Waals surface area (Å²) in [7, 11) is 0. The number of imide groups is 1. The quantitative estimate of drug-likeness (QED) is 0.314. The first-order chi connectivity index (χ1) is 17.3. The Hall–Kier alpha value is -3.95. The molecule has 192 valence electrons. The summed E-state index contributed by atoms with van der Waals surface area (Å²) in [6.07, 6.45) is 4.84. The van der Waals surface area contributed by atoms with Crippen LogP contribution in [0, 0.1) is 5.92 Å². The van der Waals surface area contributed by atoms with Crippen molar-refractivity contribution < 1.29 is 29.0 Å². The molecule has 3 atom stereocenters. The van der Waals surface area contributed by atoms with Crippen LogP contribution in [0.2, 0.25) is 0 Å². The lowest BCUT2D eigenvalue weighted by molar-refractivity contribution is -0.165. The van der Waals surface area contributed by atoms with Crippen LogP contribution in [0.5, 0.6) is 0 Å². The van der Waals surface area contributed by atoms with Gasteiger partial charge in [-0.15, -0.1) is 0 Å². The van der Waals surface area contributed by atoms with Gasteiger partial charge in [-0.2, -0.15) is 0 Å². The molecule has 1 aromatic carbocycles. The summed E-state index contributed by atoms with van der Waals surface area (Å²) in [5.41, 5.74) is 1.43. The molecule has 3 rings (SSSR count). The van der Waals surface area contributed by atoms with E-state index in [0.717, 1.165) is 36.1 Å². The fourth-order valence-electron chi connectivity index (χ4n) is 4.09. The Balaban J connectivity index is 1.58. The van der Waals surface area contributed by atoms with Crippen molar-refractivity contribution in [2.75, 3.05) is 11.9 Å². The van der Waals surface area contributed by atoms with Crippen molar-refractivity contribution in [3.05, 3.63) is 59.8 Å². The lowest BCUT2D eigenvalue weighted by atomic mass is 9.82. The minimum absolute atomic E-state index is 0.0804. The highest BCUT2D eigenvalue weighted by atomic mass is 16.5. The Bertz CT molecular complexity index is 1080. The second-order valence-corrected chi connectivity index (χ2v) is 8.75. The number of likely N-dealkylation sites (tertiary alicyclic amines) is 1. The molecule has 4 amide bonds. The molecule has 0 saturated carbocycles. The molecule has 0 aliphatic carbocycles. The smallest absolute Gasteiger partial charge is 0.412 e. The number of aliphatic carboxylic acids is 1. The van der Waals surface area contributed by atoms with Gasteiger partial charge in [-0.25, -0.2) is 24.3 Å². The lowest BCUT2D eigenvalue weighted by Gasteiger charge is -2.43. The Kier molecular flexibility index (Phi) is 9.38. The lowest BCUT2D eigenvalue weighted by Crippen LogP contribution is -2.68. The number of nitrogens with zero attached hydrogens (tertiary/aromatic N) is 2. The summed E-state index contributed by atoms with van der Waals surface area (Å²) in [5, 5.41) is 15.0. The molecule has 0 bridgehead atoms. The molecule has 1 unspecified atom stereocenters. The van der Waals surface area contributed by atoms with Gasteiger partial charge in [-0.05, 0) is 43.0 Å². The first kappa shape index (κ1) is 26.7. The van der Waals surface area contributed by atoms with Gasteiger partial charge in [0.15, 0.2) is 6.04 Å². The summed E-state index contributed by atoms with van der Waals surface area (Å²) in [6, 6.07) is 9.91. The van der Waals surface area contributed by atoms with E-state index in [4.69, 9.17) is 4.74 Å². The molecule has 0 radical (unpaired) electrons. The predicted octanol–water partition coefficient (Wildman–Crippen LogP) is 4.14. The number of carboxylic acid groups (broad SMARTS) is 1. The van der Waals surface area contributed by atoms with Gasteiger partial charge in [0.25, 0.3) is 0 Å². The Labute approximate surface area is 210 Å². The number of carbonyl (C=O) groups excluding carboxylic acids is 3. The number of unbranched alkanes of at least 4 members (excludes halogenated alkanes) is 3. The van der Waals surface area contributed by atoms with E-state index in [-0.39, 0.29) is 12.2 Å². The van der Waals surface area contributed by atoms with Gasteiger partial charge in [0.05, 0.1) is 18.6 Å². The van der Waals surface area contributed by atoms with Crippen LogP contribution in [0.1, 0.15) is 56.7 Å². The van der Waals surface area contributed by atoms with E-state index in [9.17, 15) is 24.3 Å². The zero-order valence-corrected chi connectivity index (χ0v) is 20.5. The fraction of sp³-hybridized carbons (Fsp3) is 0.423. The van der Waals surface area contributed by atoms with Gasteiger partial charge in [0, 0.05) is 6.20 Å². The number of hydrogen-bond donors (Lipinski definition) is 3. The zero-order chi connectivity index (χ0) is 26.1. The van der Waals surface area contributed by atoms with Crippen LogP contribution < -0.4 is 10.6 Å². The largest absolute Gasteiger partial charge is 0.480 e. The summed E-state index contributed by atoms with van der Waals surface area (Å²) >= 11 is 0. The highest BCUT2D eigenvalue weighted by Crippen LogP contribution is 2.31. The van der Waals surface area contributed by atoms with Gasteiger partial charge < -0.3 is 15.2 Å². The normalized spacial score (nSPS) is 17.6. The molecule has 10 nitrogen and oxygen atoms in total. The summed E-state index contributed by atoms with van der Waals surface area (Å²) < 4.78 is 5.14. The van der Waals surface area contributed by atoms with E-state index in [1.807, 2.05) is 30.3 Å². The molecule has 1 saturated heterocycles. The highest BCUT2D eigenvalue weighted by Gasteiger charge is 2.54. The number of urea groups is 1. The molecule has 3 N–H and O–H groups in total. The minimum atomic E-state index is -1.29. The maximum atomic E-state index is 12.8. The summed E-state index contributed by atoms with van der Waals surface area (Å²) in [6.45, 7) is 4.16. The fourth-order valence-corrected chi connectivity index (χ4v) is 4.09. The predicted molar refractivity (Wildman–Crippen MR) is 132 cm³/mol. The second kappa shape index (κ2) is 12.7. The first-order valence-corrected chi connectivity index (χ1v) is 12.1. The van der Waals surface area contributed by atoms with Gasteiger partial charge >= 0.3 is 18.1 Å². The van der Waals surface area contributed by atoms with Crippen molar-refractivity contribution >= 4 is 29.8 Å². The third-order valence-corrected chi connectivity index (χ3v) is 6.07.